The van der Waals surface area contributed by atoms with Crippen LogP contribution in [-0.2, 0) is 27.9 Å². The lowest BCUT2D eigenvalue weighted by atomic mass is 9.88. The molecule has 2 saturated heterocycles. The molecular formula is C17H28N4O3. The van der Waals surface area contributed by atoms with Gasteiger partial charge in [0.1, 0.15) is 6.61 Å². The molecule has 3 rings (SSSR count). The van der Waals surface area contributed by atoms with Crippen molar-refractivity contribution < 1.29 is 14.3 Å². The molecule has 1 unspecified atom stereocenters. The minimum atomic E-state index is -0.0630. The Labute approximate surface area is 143 Å². The summed E-state index contributed by atoms with van der Waals surface area (Å²) in [6.07, 6.45) is 4.95. The van der Waals surface area contributed by atoms with Crippen molar-refractivity contribution >= 4 is 5.91 Å². The number of hydrogen-bond donors (Lipinski definition) is 0. The molecule has 0 radical (unpaired) electrons. The average molecular weight is 336 g/mol. The van der Waals surface area contributed by atoms with E-state index in [2.05, 4.69) is 16.1 Å². The van der Waals surface area contributed by atoms with Gasteiger partial charge in [-0.25, -0.2) is 0 Å². The van der Waals surface area contributed by atoms with Gasteiger partial charge in [-0.05, 0) is 18.9 Å². The Kier molecular flexibility index (Phi) is 5.22. The number of aromatic nitrogens is 2. The first-order chi connectivity index (χ1) is 11.5. The monoisotopic (exact) mass is 336 g/mol. The van der Waals surface area contributed by atoms with Gasteiger partial charge in [0.05, 0.1) is 24.0 Å². The van der Waals surface area contributed by atoms with Crippen molar-refractivity contribution in [3.63, 3.8) is 0 Å². The van der Waals surface area contributed by atoms with Gasteiger partial charge < -0.3 is 14.4 Å². The number of carbonyl (C=O) groups excluding carboxylic acids is 1. The van der Waals surface area contributed by atoms with Crippen molar-refractivity contribution in [1.29, 1.82) is 0 Å². The second kappa shape index (κ2) is 7.21. The van der Waals surface area contributed by atoms with E-state index in [0.29, 0.717) is 6.61 Å². The lowest BCUT2D eigenvalue weighted by Crippen LogP contribution is -2.44. The highest BCUT2D eigenvalue weighted by molar-refractivity contribution is 5.76. The van der Waals surface area contributed by atoms with E-state index in [4.69, 9.17) is 9.47 Å². The zero-order valence-corrected chi connectivity index (χ0v) is 14.9. The predicted molar refractivity (Wildman–Crippen MR) is 89.5 cm³/mol. The highest BCUT2D eigenvalue weighted by Crippen LogP contribution is 2.37. The van der Waals surface area contributed by atoms with Gasteiger partial charge in [0.15, 0.2) is 0 Å². The van der Waals surface area contributed by atoms with Crippen LogP contribution in [0.2, 0.25) is 0 Å². The van der Waals surface area contributed by atoms with Crippen LogP contribution in [0.5, 0.6) is 0 Å². The highest BCUT2D eigenvalue weighted by Gasteiger charge is 2.43. The maximum absolute atomic E-state index is 11.6. The van der Waals surface area contributed by atoms with E-state index in [-0.39, 0.29) is 24.2 Å². The Hall–Kier alpha value is -1.44. The molecule has 2 aliphatic heterocycles. The fourth-order valence-corrected chi connectivity index (χ4v) is 3.47. The maximum Gasteiger partial charge on any atom is 0.248 e. The number of carbonyl (C=O) groups is 1. The molecule has 1 atom stereocenters. The lowest BCUT2D eigenvalue weighted by Gasteiger charge is -2.38. The number of likely N-dealkylation sites (tertiary alicyclic amines) is 1. The number of aryl methyl sites for hydroxylation is 1. The van der Waals surface area contributed by atoms with Gasteiger partial charge in [-0.3, -0.25) is 14.4 Å². The quantitative estimate of drug-likeness (QED) is 0.790. The third kappa shape index (κ3) is 4.15. The zero-order chi connectivity index (χ0) is 17.2. The molecular weight excluding hydrogens is 308 g/mol. The Morgan fingerprint density at radius 3 is 2.83 bits per heavy atom. The molecule has 0 aromatic carbocycles. The SMILES string of the molecule is CN(C)C(=O)COC1COC2(CCN(Cc3ccn(C)n3)CC2)C1. The van der Waals surface area contributed by atoms with Gasteiger partial charge in [0.25, 0.3) is 0 Å². The molecule has 0 bridgehead atoms. The van der Waals surface area contributed by atoms with E-state index in [1.165, 1.54) is 0 Å². The number of amides is 1. The van der Waals surface area contributed by atoms with Crippen molar-refractivity contribution in [3.05, 3.63) is 18.0 Å². The van der Waals surface area contributed by atoms with Crippen LogP contribution in [0, 0.1) is 0 Å². The van der Waals surface area contributed by atoms with E-state index >= 15 is 0 Å². The number of rotatable bonds is 5. The third-order valence-electron chi connectivity index (χ3n) is 5.04. The van der Waals surface area contributed by atoms with E-state index in [0.717, 1.165) is 44.6 Å². The molecule has 1 amide bonds. The molecule has 3 heterocycles. The Morgan fingerprint density at radius 2 is 2.21 bits per heavy atom. The van der Waals surface area contributed by atoms with Crippen LogP contribution in [0.15, 0.2) is 12.3 Å². The normalized spacial score (nSPS) is 23.7. The Bertz CT molecular complexity index is 564. The van der Waals surface area contributed by atoms with E-state index in [9.17, 15) is 4.79 Å². The van der Waals surface area contributed by atoms with E-state index < -0.39 is 0 Å². The third-order valence-corrected chi connectivity index (χ3v) is 5.04. The highest BCUT2D eigenvalue weighted by atomic mass is 16.6. The van der Waals surface area contributed by atoms with E-state index in [1.807, 2.05) is 17.9 Å². The second-order valence-electron chi connectivity index (χ2n) is 7.18. The molecule has 0 aliphatic carbocycles. The summed E-state index contributed by atoms with van der Waals surface area (Å²) in [6, 6.07) is 2.07. The molecule has 2 aliphatic rings. The maximum atomic E-state index is 11.6. The van der Waals surface area contributed by atoms with Crippen LogP contribution in [-0.4, -0.2) is 77.6 Å². The average Bonchev–Trinajstić information content (AvgIpc) is 3.14. The summed E-state index contributed by atoms with van der Waals surface area (Å²) in [5.41, 5.74) is 1.05. The van der Waals surface area contributed by atoms with Crippen molar-refractivity contribution in [2.45, 2.75) is 37.5 Å². The summed E-state index contributed by atoms with van der Waals surface area (Å²) < 4.78 is 13.7. The Morgan fingerprint density at radius 1 is 1.46 bits per heavy atom. The summed E-state index contributed by atoms with van der Waals surface area (Å²) in [4.78, 5) is 15.6. The van der Waals surface area contributed by atoms with Gasteiger partial charge in [0.2, 0.25) is 5.91 Å². The van der Waals surface area contributed by atoms with Crippen LogP contribution >= 0.6 is 0 Å². The van der Waals surface area contributed by atoms with Gasteiger partial charge in [-0.2, -0.15) is 5.10 Å². The van der Waals surface area contributed by atoms with E-state index in [1.54, 1.807) is 19.0 Å². The van der Waals surface area contributed by atoms with Crippen LogP contribution in [0.25, 0.3) is 0 Å². The number of ether oxygens (including phenoxy) is 2. The Balaban J connectivity index is 1.43. The molecule has 1 spiro atoms. The number of nitrogens with zero attached hydrogens (tertiary/aromatic N) is 4. The van der Waals surface area contributed by atoms with Crippen molar-refractivity contribution in [3.8, 4) is 0 Å². The van der Waals surface area contributed by atoms with Gasteiger partial charge >= 0.3 is 0 Å². The predicted octanol–water partition coefficient (Wildman–Crippen LogP) is 0.648. The van der Waals surface area contributed by atoms with Gasteiger partial charge in [0, 0.05) is 53.4 Å². The summed E-state index contributed by atoms with van der Waals surface area (Å²) >= 11 is 0. The second-order valence-corrected chi connectivity index (χ2v) is 7.18. The first-order valence-electron chi connectivity index (χ1n) is 8.62. The molecule has 0 N–H and O–H groups in total. The first kappa shape index (κ1) is 17.4. The molecule has 7 heteroatoms. The topological polar surface area (TPSA) is 59.8 Å². The molecule has 7 nitrogen and oxygen atoms in total. The summed E-state index contributed by atoms with van der Waals surface area (Å²) in [6.45, 7) is 3.66. The smallest absolute Gasteiger partial charge is 0.248 e. The largest absolute Gasteiger partial charge is 0.372 e. The summed E-state index contributed by atoms with van der Waals surface area (Å²) in [5.74, 6) is 0.00105. The fourth-order valence-electron chi connectivity index (χ4n) is 3.47. The number of piperidine rings is 1. The molecule has 24 heavy (non-hydrogen) atoms. The molecule has 1 aromatic heterocycles. The number of hydrogen-bond acceptors (Lipinski definition) is 5. The fraction of sp³-hybridized carbons (Fsp3) is 0.765. The van der Waals surface area contributed by atoms with Crippen LogP contribution in [0.3, 0.4) is 0 Å². The summed E-state index contributed by atoms with van der Waals surface area (Å²) in [5, 5.41) is 4.45. The molecule has 134 valence electrons. The minimum absolute atomic E-state index is 0.00105. The standard InChI is InChI=1S/C17H28N4O3/c1-19(2)16(22)13-23-15-10-17(24-12-15)5-8-21(9-6-17)11-14-4-7-20(3)18-14/h4,7,15H,5-6,8-13H2,1-3H3. The minimum Gasteiger partial charge on any atom is -0.372 e. The van der Waals surface area contributed by atoms with Crippen molar-refractivity contribution in [1.82, 2.24) is 19.6 Å². The van der Waals surface area contributed by atoms with Crippen molar-refractivity contribution in [2.75, 3.05) is 40.4 Å². The van der Waals surface area contributed by atoms with Crippen LogP contribution in [0.4, 0.5) is 0 Å². The molecule has 1 aromatic rings. The first-order valence-corrected chi connectivity index (χ1v) is 8.62. The lowest BCUT2D eigenvalue weighted by molar-refractivity contribution is -0.135. The molecule has 2 fully saturated rings. The van der Waals surface area contributed by atoms with Gasteiger partial charge in [-0.1, -0.05) is 0 Å². The number of likely N-dealkylation sites (N-methyl/N-ethyl adjacent to an activating group) is 1. The van der Waals surface area contributed by atoms with Gasteiger partial charge in [-0.15, -0.1) is 0 Å². The van der Waals surface area contributed by atoms with Crippen LogP contribution in [0.1, 0.15) is 25.0 Å². The zero-order valence-electron chi connectivity index (χ0n) is 14.9. The van der Waals surface area contributed by atoms with Crippen molar-refractivity contribution in [2.24, 2.45) is 7.05 Å². The summed E-state index contributed by atoms with van der Waals surface area (Å²) in [7, 11) is 5.44. The molecule has 0 saturated carbocycles. The van der Waals surface area contributed by atoms with Crippen LogP contribution < -0.4 is 0 Å².